The summed E-state index contributed by atoms with van der Waals surface area (Å²) >= 11 is 6.89. The molecule has 6 heteroatoms. The molecule has 0 atom stereocenters. The number of nitrogens with one attached hydrogen (secondary N) is 1. The summed E-state index contributed by atoms with van der Waals surface area (Å²) in [4.78, 5) is 4.27. The number of benzene rings is 1. The van der Waals surface area contributed by atoms with E-state index in [0.717, 1.165) is 37.4 Å². The maximum Gasteiger partial charge on any atom is 0.231 e. The topological polar surface area (TPSA) is 43.4 Å². The van der Waals surface area contributed by atoms with E-state index in [1.54, 1.807) is 6.20 Å². The van der Waals surface area contributed by atoms with E-state index in [9.17, 15) is 0 Å². The summed E-state index contributed by atoms with van der Waals surface area (Å²) in [6, 6.07) is 6.07. The van der Waals surface area contributed by atoms with E-state index < -0.39 is 0 Å². The van der Waals surface area contributed by atoms with Crippen molar-refractivity contribution < 1.29 is 9.47 Å². The Morgan fingerprint density at radius 1 is 1.25 bits per heavy atom. The summed E-state index contributed by atoms with van der Waals surface area (Å²) in [5.41, 5.74) is 3.20. The van der Waals surface area contributed by atoms with Gasteiger partial charge in [-0.05, 0) is 68.1 Å². The summed E-state index contributed by atoms with van der Waals surface area (Å²) in [6.45, 7) is 2.98. The lowest BCUT2D eigenvalue weighted by Crippen LogP contribution is -2.00. The van der Waals surface area contributed by atoms with Crippen LogP contribution in [0, 0.1) is 6.92 Å². The highest BCUT2D eigenvalue weighted by molar-refractivity contribution is 9.10. The molecule has 1 aromatic heterocycles. The molecular formula is C14H12Br2N2O2. The number of halogens is 2. The van der Waals surface area contributed by atoms with Gasteiger partial charge in [0.05, 0.1) is 16.4 Å². The number of aryl methyl sites for hydroxylation is 1. The van der Waals surface area contributed by atoms with E-state index in [2.05, 4.69) is 48.2 Å². The largest absolute Gasteiger partial charge is 0.454 e. The monoisotopic (exact) mass is 398 g/mol. The zero-order chi connectivity index (χ0) is 14.1. The van der Waals surface area contributed by atoms with Crippen molar-refractivity contribution in [2.45, 2.75) is 13.5 Å². The lowest BCUT2D eigenvalue weighted by Gasteiger charge is -2.09. The minimum atomic E-state index is 0.278. The summed E-state index contributed by atoms with van der Waals surface area (Å²) in [5.74, 6) is 1.55. The van der Waals surface area contributed by atoms with E-state index in [-0.39, 0.29) is 6.79 Å². The number of rotatable bonds is 3. The Bertz CT molecular complexity index is 662. The predicted octanol–water partition coefficient (Wildman–Crippen LogP) is 4.26. The van der Waals surface area contributed by atoms with Crippen molar-refractivity contribution >= 4 is 37.5 Å². The molecule has 0 aliphatic carbocycles. The molecule has 0 unspecified atom stereocenters. The third-order valence-electron chi connectivity index (χ3n) is 3.00. The molecule has 1 aliphatic heterocycles. The smallest absolute Gasteiger partial charge is 0.231 e. The molecule has 0 amide bonds. The molecule has 1 aromatic carbocycles. The highest BCUT2D eigenvalue weighted by Crippen LogP contribution is 2.40. The van der Waals surface area contributed by atoms with Crippen LogP contribution < -0.4 is 14.8 Å². The number of pyridine rings is 1. The average molecular weight is 400 g/mol. The SMILES string of the molecule is Cc1cc(NCc2cc(Br)c3c(c2)OCO3)cnc1Br. The zero-order valence-corrected chi connectivity index (χ0v) is 13.9. The number of hydrogen-bond donors (Lipinski definition) is 1. The highest BCUT2D eigenvalue weighted by Gasteiger charge is 2.17. The molecular weight excluding hydrogens is 388 g/mol. The molecule has 0 saturated carbocycles. The van der Waals surface area contributed by atoms with Crippen LogP contribution in [0.1, 0.15) is 11.1 Å². The lowest BCUT2D eigenvalue weighted by molar-refractivity contribution is 0.173. The number of hydrogen-bond acceptors (Lipinski definition) is 4. The Morgan fingerprint density at radius 3 is 2.90 bits per heavy atom. The van der Waals surface area contributed by atoms with E-state index in [4.69, 9.17) is 9.47 Å². The molecule has 2 heterocycles. The van der Waals surface area contributed by atoms with Gasteiger partial charge in [0.15, 0.2) is 11.5 Å². The van der Waals surface area contributed by atoms with Crippen LogP contribution in [0.5, 0.6) is 11.5 Å². The van der Waals surface area contributed by atoms with Crippen LogP contribution in [-0.2, 0) is 6.54 Å². The van der Waals surface area contributed by atoms with Gasteiger partial charge in [-0.1, -0.05) is 0 Å². The number of ether oxygens (including phenoxy) is 2. The van der Waals surface area contributed by atoms with Crippen molar-refractivity contribution in [3.05, 3.63) is 44.6 Å². The second-order valence-corrected chi connectivity index (χ2v) is 6.10. The molecule has 0 bridgehead atoms. The molecule has 3 rings (SSSR count). The average Bonchev–Trinajstić information content (AvgIpc) is 2.89. The van der Waals surface area contributed by atoms with E-state index in [0.29, 0.717) is 6.54 Å². The van der Waals surface area contributed by atoms with Gasteiger partial charge in [0.1, 0.15) is 4.60 Å². The highest BCUT2D eigenvalue weighted by atomic mass is 79.9. The minimum Gasteiger partial charge on any atom is -0.454 e. The van der Waals surface area contributed by atoms with Crippen molar-refractivity contribution in [1.82, 2.24) is 4.98 Å². The van der Waals surface area contributed by atoms with Crippen LogP contribution in [-0.4, -0.2) is 11.8 Å². The van der Waals surface area contributed by atoms with E-state index in [1.165, 1.54) is 0 Å². The first-order valence-electron chi connectivity index (χ1n) is 6.07. The van der Waals surface area contributed by atoms with Gasteiger partial charge in [0.2, 0.25) is 6.79 Å². The van der Waals surface area contributed by atoms with E-state index >= 15 is 0 Å². The quantitative estimate of drug-likeness (QED) is 0.783. The molecule has 4 nitrogen and oxygen atoms in total. The van der Waals surface area contributed by atoms with Gasteiger partial charge in [0.25, 0.3) is 0 Å². The summed E-state index contributed by atoms with van der Waals surface area (Å²) in [7, 11) is 0. The number of nitrogens with zero attached hydrogens (tertiary/aromatic N) is 1. The second-order valence-electron chi connectivity index (χ2n) is 4.50. The van der Waals surface area contributed by atoms with Gasteiger partial charge in [0, 0.05) is 6.54 Å². The van der Waals surface area contributed by atoms with Crippen LogP contribution in [0.25, 0.3) is 0 Å². The maximum absolute atomic E-state index is 5.41. The van der Waals surface area contributed by atoms with Gasteiger partial charge in [-0.15, -0.1) is 0 Å². The summed E-state index contributed by atoms with van der Waals surface area (Å²) < 4.78 is 12.6. The Balaban J connectivity index is 1.75. The summed E-state index contributed by atoms with van der Waals surface area (Å²) in [6.07, 6.45) is 1.80. The third-order valence-corrected chi connectivity index (χ3v) is 4.42. The Hall–Kier alpha value is -1.27. The molecule has 104 valence electrons. The van der Waals surface area contributed by atoms with Crippen molar-refractivity contribution in [1.29, 1.82) is 0 Å². The molecule has 0 spiro atoms. The fourth-order valence-corrected chi connectivity index (χ4v) is 2.80. The van der Waals surface area contributed by atoms with Crippen LogP contribution in [0.15, 0.2) is 33.5 Å². The molecule has 2 aromatic rings. The molecule has 0 saturated heterocycles. The first kappa shape index (κ1) is 13.7. The maximum atomic E-state index is 5.41. The molecule has 1 aliphatic rings. The van der Waals surface area contributed by atoms with Gasteiger partial charge in [-0.25, -0.2) is 4.98 Å². The lowest BCUT2D eigenvalue weighted by atomic mass is 10.2. The van der Waals surface area contributed by atoms with Gasteiger partial charge >= 0.3 is 0 Å². The van der Waals surface area contributed by atoms with Crippen molar-refractivity contribution in [2.75, 3.05) is 12.1 Å². The van der Waals surface area contributed by atoms with Crippen molar-refractivity contribution in [3.63, 3.8) is 0 Å². The number of anilines is 1. The van der Waals surface area contributed by atoms with Crippen LogP contribution in [0.4, 0.5) is 5.69 Å². The van der Waals surface area contributed by atoms with Gasteiger partial charge < -0.3 is 14.8 Å². The van der Waals surface area contributed by atoms with E-state index in [1.807, 2.05) is 19.1 Å². The number of aromatic nitrogens is 1. The standard InChI is InChI=1S/C14H12Br2N2O2/c1-8-2-10(6-18-14(8)16)17-5-9-3-11(15)13-12(4-9)19-7-20-13/h2-4,6,17H,5,7H2,1H3. The van der Waals surface area contributed by atoms with Gasteiger partial charge in [-0.3, -0.25) is 0 Å². The minimum absolute atomic E-state index is 0.278. The normalized spacial score (nSPS) is 12.6. The van der Waals surface area contributed by atoms with Crippen molar-refractivity contribution in [2.24, 2.45) is 0 Å². The van der Waals surface area contributed by atoms with Crippen LogP contribution >= 0.6 is 31.9 Å². The second kappa shape index (κ2) is 5.61. The van der Waals surface area contributed by atoms with Gasteiger partial charge in [-0.2, -0.15) is 0 Å². The summed E-state index contributed by atoms with van der Waals surface area (Å²) in [5, 5.41) is 3.35. The number of fused-ring (bicyclic) bond motifs is 1. The Labute approximate surface area is 133 Å². The molecule has 0 radical (unpaired) electrons. The Kier molecular flexibility index (Phi) is 3.85. The first-order chi connectivity index (χ1) is 9.63. The predicted molar refractivity (Wildman–Crippen MR) is 84.3 cm³/mol. The van der Waals surface area contributed by atoms with Crippen molar-refractivity contribution in [3.8, 4) is 11.5 Å². The molecule has 1 N–H and O–H groups in total. The fraction of sp³-hybridized carbons (Fsp3) is 0.214. The van der Waals surface area contributed by atoms with Crippen LogP contribution in [0.2, 0.25) is 0 Å². The zero-order valence-electron chi connectivity index (χ0n) is 10.7. The molecule has 0 fully saturated rings. The Morgan fingerprint density at radius 2 is 2.10 bits per heavy atom. The van der Waals surface area contributed by atoms with Crippen LogP contribution in [0.3, 0.4) is 0 Å². The first-order valence-corrected chi connectivity index (χ1v) is 7.66. The molecule has 20 heavy (non-hydrogen) atoms. The fourth-order valence-electron chi connectivity index (χ4n) is 1.98. The third kappa shape index (κ3) is 2.76.